The highest BCUT2D eigenvalue weighted by Crippen LogP contribution is 2.14. The highest BCUT2D eigenvalue weighted by Gasteiger charge is 2.15. The van der Waals surface area contributed by atoms with Crippen LogP contribution in [0.1, 0.15) is 18.5 Å². The number of ether oxygens (including phenoxy) is 1. The second kappa shape index (κ2) is 5.16. The van der Waals surface area contributed by atoms with Gasteiger partial charge in [-0.2, -0.15) is 0 Å². The van der Waals surface area contributed by atoms with E-state index in [9.17, 15) is 0 Å². The van der Waals surface area contributed by atoms with Crippen LogP contribution in [0.3, 0.4) is 0 Å². The molecule has 0 saturated carbocycles. The number of aryl methyl sites for hydroxylation is 1. The van der Waals surface area contributed by atoms with E-state index in [4.69, 9.17) is 4.74 Å². The van der Waals surface area contributed by atoms with Gasteiger partial charge in [-0.25, -0.2) is 4.98 Å². The molecule has 1 aliphatic heterocycles. The fourth-order valence-corrected chi connectivity index (χ4v) is 1.98. The summed E-state index contributed by atoms with van der Waals surface area (Å²) >= 11 is 0. The van der Waals surface area contributed by atoms with Gasteiger partial charge in [0.1, 0.15) is 0 Å². The molecule has 0 bridgehead atoms. The molecule has 1 N–H and O–H groups in total. The minimum atomic E-state index is 0.388. The second-order valence-corrected chi connectivity index (χ2v) is 4.21. The van der Waals surface area contributed by atoms with Crippen molar-refractivity contribution in [1.82, 2.24) is 9.55 Å². The molecular formula is C12H19N3O. The predicted molar refractivity (Wildman–Crippen MR) is 64.6 cm³/mol. The molecule has 1 aliphatic rings. The van der Waals surface area contributed by atoms with Gasteiger partial charge in [0.05, 0.1) is 18.3 Å². The molecule has 0 aliphatic carbocycles. The number of nitrogens with one attached hydrogen (secondary N) is 1. The second-order valence-electron chi connectivity index (χ2n) is 4.21. The molecule has 1 aromatic heterocycles. The van der Waals surface area contributed by atoms with Crippen molar-refractivity contribution >= 4 is 5.95 Å². The molecule has 0 spiro atoms. The summed E-state index contributed by atoms with van der Waals surface area (Å²) < 4.78 is 7.52. The summed E-state index contributed by atoms with van der Waals surface area (Å²) in [6.07, 6.45) is 6.19. The predicted octanol–water partition coefficient (Wildman–Crippen LogP) is 1.97. The quantitative estimate of drug-likeness (QED) is 0.790. The van der Waals surface area contributed by atoms with Crippen LogP contribution in [-0.2, 0) is 11.3 Å². The van der Waals surface area contributed by atoms with E-state index in [1.165, 1.54) is 0 Å². The van der Waals surface area contributed by atoms with Gasteiger partial charge in [0, 0.05) is 19.3 Å². The van der Waals surface area contributed by atoms with Gasteiger partial charge >= 0.3 is 0 Å². The fraction of sp³-hybridized carbons (Fsp3) is 0.583. The zero-order valence-corrected chi connectivity index (χ0v) is 9.78. The van der Waals surface area contributed by atoms with Crippen LogP contribution in [0, 0.1) is 6.92 Å². The van der Waals surface area contributed by atoms with E-state index >= 15 is 0 Å². The molecule has 4 nitrogen and oxygen atoms in total. The van der Waals surface area contributed by atoms with Gasteiger partial charge in [-0.1, -0.05) is 6.08 Å². The Balaban J connectivity index is 2.03. The van der Waals surface area contributed by atoms with Crippen LogP contribution >= 0.6 is 0 Å². The lowest BCUT2D eigenvalue weighted by Crippen LogP contribution is -2.31. The van der Waals surface area contributed by atoms with Gasteiger partial charge in [0.25, 0.3) is 0 Å². The van der Waals surface area contributed by atoms with Crippen molar-refractivity contribution in [3.05, 3.63) is 24.5 Å². The summed E-state index contributed by atoms with van der Waals surface area (Å²) in [5.74, 6) is 0.924. The minimum absolute atomic E-state index is 0.388. The van der Waals surface area contributed by atoms with Crippen LogP contribution in [-0.4, -0.2) is 28.8 Å². The van der Waals surface area contributed by atoms with Crippen molar-refractivity contribution in [3.8, 4) is 0 Å². The summed E-state index contributed by atoms with van der Waals surface area (Å²) in [5.41, 5.74) is 1.03. The molecule has 2 heterocycles. The topological polar surface area (TPSA) is 39.1 Å². The average molecular weight is 221 g/mol. The smallest absolute Gasteiger partial charge is 0.203 e. The van der Waals surface area contributed by atoms with Crippen LogP contribution in [0.5, 0.6) is 0 Å². The monoisotopic (exact) mass is 221 g/mol. The molecule has 0 aromatic carbocycles. The highest BCUT2D eigenvalue weighted by atomic mass is 16.5. The standard InChI is InChI=1S/C12H19N3O/c1-3-6-15-8-10(2)13-12(15)14-11-5-4-7-16-9-11/h3,8,11H,1,4-7,9H2,2H3,(H,13,14). The van der Waals surface area contributed by atoms with Crippen molar-refractivity contribution in [2.75, 3.05) is 18.5 Å². The number of hydrogen-bond donors (Lipinski definition) is 1. The first-order chi connectivity index (χ1) is 7.79. The van der Waals surface area contributed by atoms with Crippen LogP contribution in [0.4, 0.5) is 5.95 Å². The third kappa shape index (κ3) is 2.64. The number of imidazole rings is 1. The van der Waals surface area contributed by atoms with E-state index in [1.807, 2.05) is 19.2 Å². The lowest BCUT2D eigenvalue weighted by molar-refractivity contribution is 0.0873. The van der Waals surface area contributed by atoms with E-state index < -0.39 is 0 Å². The largest absolute Gasteiger partial charge is 0.379 e. The number of rotatable bonds is 4. The maximum Gasteiger partial charge on any atom is 0.203 e. The Kier molecular flexibility index (Phi) is 3.62. The molecule has 4 heteroatoms. The summed E-state index contributed by atoms with van der Waals surface area (Å²) in [6.45, 7) is 8.21. The van der Waals surface area contributed by atoms with Crippen molar-refractivity contribution in [2.45, 2.75) is 32.4 Å². The Labute approximate surface area is 96.3 Å². The first-order valence-electron chi connectivity index (χ1n) is 5.78. The Hall–Kier alpha value is -1.29. The number of hydrogen-bond acceptors (Lipinski definition) is 3. The van der Waals surface area contributed by atoms with Crippen molar-refractivity contribution in [2.24, 2.45) is 0 Å². The molecular weight excluding hydrogens is 202 g/mol. The van der Waals surface area contributed by atoms with Crippen LogP contribution in [0.25, 0.3) is 0 Å². The van der Waals surface area contributed by atoms with E-state index in [-0.39, 0.29) is 0 Å². The van der Waals surface area contributed by atoms with Crippen molar-refractivity contribution < 1.29 is 4.74 Å². The molecule has 1 fully saturated rings. The molecule has 1 aromatic rings. The molecule has 1 unspecified atom stereocenters. The number of anilines is 1. The maximum absolute atomic E-state index is 5.44. The van der Waals surface area contributed by atoms with Crippen LogP contribution < -0.4 is 5.32 Å². The lowest BCUT2D eigenvalue weighted by atomic mass is 10.1. The van der Waals surface area contributed by atoms with E-state index in [0.29, 0.717) is 6.04 Å². The van der Waals surface area contributed by atoms with Crippen LogP contribution in [0.15, 0.2) is 18.9 Å². The van der Waals surface area contributed by atoms with Gasteiger partial charge in [0.15, 0.2) is 0 Å². The molecule has 2 rings (SSSR count). The summed E-state index contributed by atoms with van der Waals surface area (Å²) in [5, 5.41) is 3.43. The molecule has 1 atom stereocenters. The van der Waals surface area contributed by atoms with Crippen molar-refractivity contribution in [1.29, 1.82) is 0 Å². The number of allylic oxidation sites excluding steroid dienone is 1. The van der Waals surface area contributed by atoms with Gasteiger partial charge in [0.2, 0.25) is 5.95 Å². The normalized spacial score (nSPS) is 20.7. The van der Waals surface area contributed by atoms with Gasteiger partial charge in [-0.05, 0) is 19.8 Å². The summed E-state index contributed by atoms with van der Waals surface area (Å²) in [7, 11) is 0. The SMILES string of the molecule is C=CCn1cc(C)nc1NC1CCCOC1. The summed E-state index contributed by atoms with van der Waals surface area (Å²) in [6, 6.07) is 0.388. The van der Waals surface area contributed by atoms with Gasteiger partial charge in [-0.15, -0.1) is 6.58 Å². The average Bonchev–Trinajstić information content (AvgIpc) is 2.61. The molecule has 16 heavy (non-hydrogen) atoms. The first kappa shape index (κ1) is 11.2. The Morgan fingerprint density at radius 3 is 3.31 bits per heavy atom. The third-order valence-electron chi connectivity index (χ3n) is 2.72. The Morgan fingerprint density at radius 1 is 1.75 bits per heavy atom. The highest BCUT2D eigenvalue weighted by molar-refractivity contribution is 5.30. The van der Waals surface area contributed by atoms with E-state index in [0.717, 1.165) is 44.2 Å². The lowest BCUT2D eigenvalue weighted by Gasteiger charge is -2.23. The van der Waals surface area contributed by atoms with Gasteiger partial charge in [-0.3, -0.25) is 0 Å². The molecule has 1 saturated heterocycles. The maximum atomic E-state index is 5.44. The first-order valence-corrected chi connectivity index (χ1v) is 5.78. The Morgan fingerprint density at radius 2 is 2.62 bits per heavy atom. The number of aromatic nitrogens is 2. The third-order valence-corrected chi connectivity index (χ3v) is 2.72. The fourth-order valence-electron chi connectivity index (χ4n) is 1.98. The molecule has 88 valence electrons. The molecule has 0 amide bonds. The minimum Gasteiger partial charge on any atom is -0.379 e. The van der Waals surface area contributed by atoms with Crippen molar-refractivity contribution in [3.63, 3.8) is 0 Å². The zero-order valence-electron chi connectivity index (χ0n) is 9.78. The zero-order chi connectivity index (χ0) is 11.4. The van der Waals surface area contributed by atoms with E-state index in [1.54, 1.807) is 0 Å². The van der Waals surface area contributed by atoms with Gasteiger partial charge < -0.3 is 14.6 Å². The summed E-state index contributed by atoms with van der Waals surface area (Å²) in [4.78, 5) is 4.47. The molecule has 0 radical (unpaired) electrons. The van der Waals surface area contributed by atoms with Crippen LogP contribution in [0.2, 0.25) is 0 Å². The van der Waals surface area contributed by atoms with E-state index in [2.05, 4.69) is 21.4 Å². The Bertz CT molecular complexity index is 353. The number of nitrogens with zero attached hydrogens (tertiary/aromatic N) is 2.